The average molecular weight is 380 g/mol. The number of esters is 1. The molecule has 144 valence electrons. The number of ketones is 1. The molecule has 1 fully saturated rings. The molecule has 2 heterocycles. The van der Waals surface area contributed by atoms with Gasteiger partial charge in [0.2, 0.25) is 17.6 Å². The maximum absolute atomic E-state index is 12.7. The minimum Gasteiger partial charge on any atom is -0.453 e. The minimum absolute atomic E-state index is 0.341. The van der Waals surface area contributed by atoms with Crippen LogP contribution in [0.5, 0.6) is 0 Å². The Kier molecular flexibility index (Phi) is 4.58. The third-order valence-electron chi connectivity index (χ3n) is 5.42. The summed E-state index contributed by atoms with van der Waals surface area (Å²) in [5.41, 5.74) is 1.25. The summed E-state index contributed by atoms with van der Waals surface area (Å²) < 4.78 is 5.23. The highest BCUT2D eigenvalue weighted by Crippen LogP contribution is 2.34. The van der Waals surface area contributed by atoms with Crippen molar-refractivity contribution in [2.45, 2.75) is 25.9 Å². The van der Waals surface area contributed by atoms with Gasteiger partial charge in [-0.1, -0.05) is 30.4 Å². The number of likely N-dealkylation sites (tertiary alicyclic amines) is 1. The van der Waals surface area contributed by atoms with Crippen LogP contribution in [-0.4, -0.2) is 46.1 Å². The number of benzene rings is 1. The molecule has 0 unspecified atom stereocenters. The largest absolute Gasteiger partial charge is 0.453 e. The van der Waals surface area contributed by atoms with Crippen molar-refractivity contribution in [3.63, 3.8) is 0 Å². The zero-order valence-electron chi connectivity index (χ0n) is 15.4. The normalized spacial score (nSPS) is 22.4. The van der Waals surface area contributed by atoms with Gasteiger partial charge in [-0.3, -0.25) is 24.1 Å². The number of ether oxygens (including phenoxy) is 1. The highest BCUT2D eigenvalue weighted by atomic mass is 16.5. The molecule has 2 amide bonds. The van der Waals surface area contributed by atoms with Crippen molar-refractivity contribution in [2.75, 3.05) is 6.54 Å². The van der Waals surface area contributed by atoms with Gasteiger partial charge in [-0.05, 0) is 25.8 Å². The number of fused-ring (bicyclic) bond motifs is 2. The third kappa shape index (κ3) is 3.02. The van der Waals surface area contributed by atoms with E-state index in [4.69, 9.17) is 4.74 Å². The monoisotopic (exact) mass is 380 g/mol. The van der Waals surface area contributed by atoms with E-state index in [0.29, 0.717) is 18.4 Å². The molecular weight excluding hydrogens is 360 g/mol. The Hall–Kier alpha value is -3.22. The van der Waals surface area contributed by atoms with E-state index < -0.39 is 30.5 Å². The van der Waals surface area contributed by atoms with Crippen molar-refractivity contribution in [1.29, 1.82) is 0 Å². The van der Waals surface area contributed by atoms with Gasteiger partial charge in [0.05, 0.1) is 11.8 Å². The highest BCUT2D eigenvalue weighted by molar-refractivity contribution is 6.10. The molecule has 1 aromatic heterocycles. The highest BCUT2D eigenvalue weighted by Gasteiger charge is 2.47. The quantitative estimate of drug-likeness (QED) is 0.371. The van der Waals surface area contributed by atoms with E-state index in [9.17, 15) is 19.2 Å². The van der Waals surface area contributed by atoms with Gasteiger partial charge in [-0.25, -0.2) is 0 Å². The lowest BCUT2D eigenvalue weighted by Gasteiger charge is -2.16. The second kappa shape index (κ2) is 7.07. The molecule has 1 N–H and O–H groups in total. The summed E-state index contributed by atoms with van der Waals surface area (Å²) in [5, 5.41) is 0.747. The fourth-order valence-corrected chi connectivity index (χ4v) is 3.94. The van der Waals surface area contributed by atoms with Crippen LogP contribution < -0.4 is 0 Å². The van der Waals surface area contributed by atoms with Crippen LogP contribution in [0.2, 0.25) is 0 Å². The summed E-state index contributed by atoms with van der Waals surface area (Å²) >= 11 is 0. The molecule has 1 aliphatic heterocycles. The molecule has 4 rings (SSSR count). The lowest BCUT2D eigenvalue weighted by Crippen LogP contribution is -2.38. The number of nitrogens with one attached hydrogen (secondary N) is 1. The summed E-state index contributed by atoms with van der Waals surface area (Å²) in [5.74, 6) is -2.58. The first-order chi connectivity index (χ1) is 13.5. The molecule has 3 atom stereocenters. The topological polar surface area (TPSA) is 96.5 Å². The van der Waals surface area contributed by atoms with Gasteiger partial charge in [0, 0.05) is 22.7 Å². The lowest BCUT2D eigenvalue weighted by molar-refractivity contribution is -0.154. The van der Waals surface area contributed by atoms with Crippen molar-refractivity contribution in [3.8, 4) is 0 Å². The number of Topliss-reactive ketones (excluding diaryl/α,β-unsaturated/α-hetero) is 1. The number of amides is 2. The Morgan fingerprint density at radius 1 is 1.14 bits per heavy atom. The zero-order valence-corrected chi connectivity index (χ0v) is 15.4. The Balaban J connectivity index is 1.41. The molecule has 1 saturated heterocycles. The SMILES string of the molecule is C[C@@H](OC(=O)CN1C(=O)[C@H]2CC=CC[C@H]2C1=O)C(=O)c1c[nH]c2ccccc12. The molecule has 0 bridgehead atoms. The summed E-state index contributed by atoms with van der Waals surface area (Å²) in [6, 6.07) is 7.34. The van der Waals surface area contributed by atoms with Crippen LogP contribution in [0.4, 0.5) is 0 Å². The molecule has 0 spiro atoms. The number of aromatic nitrogens is 1. The second-order valence-electron chi connectivity index (χ2n) is 7.16. The number of rotatable bonds is 5. The van der Waals surface area contributed by atoms with Gasteiger partial charge in [0.1, 0.15) is 6.54 Å². The number of carbonyl (C=O) groups is 4. The molecule has 1 aliphatic carbocycles. The number of allylic oxidation sites excluding steroid dienone is 2. The summed E-state index contributed by atoms with van der Waals surface area (Å²) in [4.78, 5) is 53.8. The van der Waals surface area contributed by atoms with Crippen LogP contribution in [0.1, 0.15) is 30.1 Å². The number of para-hydroxylation sites is 1. The van der Waals surface area contributed by atoms with E-state index in [1.54, 1.807) is 6.20 Å². The van der Waals surface area contributed by atoms with Crippen LogP contribution >= 0.6 is 0 Å². The first-order valence-corrected chi connectivity index (χ1v) is 9.27. The van der Waals surface area contributed by atoms with Gasteiger partial charge in [-0.2, -0.15) is 0 Å². The zero-order chi connectivity index (χ0) is 19.8. The molecule has 2 aliphatic rings. The van der Waals surface area contributed by atoms with Crippen LogP contribution in [0.25, 0.3) is 10.9 Å². The molecule has 1 aromatic carbocycles. The number of aromatic amines is 1. The molecule has 7 heteroatoms. The maximum Gasteiger partial charge on any atom is 0.326 e. The fourth-order valence-electron chi connectivity index (χ4n) is 3.94. The molecule has 0 saturated carbocycles. The Morgan fingerprint density at radius 3 is 2.46 bits per heavy atom. The van der Waals surface area contributed by atoms with Gasteiger partial charge in [0.15, 0.2) is 6.10 Å². The van der Waals surface area contributed by atoms with Gasteiger partial charge in [-0.15, -0.1) is 0 Å². The number of H-pyrrole nitrogens is 1. The molecule has 28 heavy (non-hydrogen) atoms. The van der Waals surface area contributed by atoms with Crippen molar-refractivity contribution in [3.05, 3.63) is 48.2 Å². The Morgan fingerprint density at radius 2 is 1.79 bits per heavy atom. The van der Waals surface area contributed by atoms with Gasteiger partial charge < -0.3 is 9.72 Å². The van der Waals surface area contributed by atoms with Crippen LogP contribution in [0.15, 0.2) is 42.6 Å². The van der Waals surface area contributed by atoms with E-state index in [0.717, 1.165) is 15.8 Å². The predicted octanol–water partition coefficient (Wildman–Crippen LogP) is 2.23. The third-order valence-corrected chi connectivity index (χ3v) is 5.42. The van der Waals surface area contributed by atoms with Crippen molar-refractivity contribution >= 4 is 34.5 Å². The minimum atomic E-state index is -1.02. The Bertz CT molecular complexity index is 979. The standard InChI is InChI=1S/C21H20N2O5/c1-12(19(25)16-10-22-17-9-5-4-6-13(16)17)28-18(24)11-23-20(26)14-7-2-3-8-15(14)21(23)27/h2-6,9-10,12,14-15,22H,7-8,11H2,1H3/t12-,14-,15+/m1/s1. The second-order valence-corrected chi connectivity index (χ2v) is 7.16. The van der Waals surface area contributed by atoms with Crippen LogP contribution in [0.3, 0.4) is 0 Å². The number of carbonyl (C=O) groups excluding carboxylic acids is 4. The Labute approximate surface area is 161 Å². The van der Waals surface area contributed by atoms with E-state index in [1.165, 1.54) is 6.92 Å². The fraction of sp³-hybridized carbons (Fsp3) is 0.333. The first kappa shape index (κ1) is 18.2. The molecular formula is C21H20N2O5. The molecule has 7 nitrogen and oxygen atoms in total. The van der Waals surface area contributed by atoms with Gasteiger partial charge in [0.25, 0.3) is 0 Å². The molecule has 0 radical (unpaired) electrons. The number of nitrogens with zero attached hydrogens (tertiary/aromatic N) is 1. The van der Waals surface area contributed by atoms with Crippen LogP contribution in [-0.2, 0) is 19.1 Å². The van der Waals surface area contributed by atoms with E-state index in [-0.39, 0.29) is 17.6 Å². The number of imide groups is 1. The summed E-state index contributed by atoms with van der Waals surface area (Å²) in [6.07, 6.45) is 5.35. The summed E-state index contributed by atoms with van der Waals surface area (Å²) in [7, 11) is 0. The van der Waals surface area contributed by atoms with Crippen LogP contribution in [0, 0.1) is 11.8 Å². The van der Waals surface area contributed by atoms with E-state index in [1.807, 2.05) is 36.4 Å². The van der Waals surface area contributed by atoms with Crippen molar-refractivity contribution in [1.82, 2.24) is 9.88 Å². The van der Waals surface area contributed by atoms with E-state index in [2.05, 4.69) is 4.98 Å². The average Bonchev–Trinajstić information content (AvgIpc) is 3.23. The number of hydrogen-bond acceptors (Lipinski definition) is 5. The van der Waals surface area contributed by atoms with Crippen molar-refractivity contribution in [2.24, 2.45) is 11.8 Å². The first-order valence-electron chi connectivity index (χ1n) is 9.27. The smallest absolute Gasteiger partial charge is 0.326 e. The maximum atomic E-state index is 12.7. The molecule has 2 aromatic rings. The predicted molar refractivity (Wildman–Crippen MR) is 100 cm³/mol. The van der Waals surface area contributed by atoms with Gasteiger partial charge >= 0.3 is 5.97 Å². The number of hydrogen-bond donors (Lipinski definition) is 1. The van der Waals surface area contributed by atoms with E-state index >= 15 is 0 Å². The lowest BCUT2D eigenvalue weighted by atomic mass is 9.85. The van der Waals surface area contributed by atoms with Crippen molar-refractivity contribution < 1.29 is 23.9 Å². The summed E-state index contributed by atoms with van der Waals surface area (Å²) in [6.45, 7) is 1.02.